The first kappa shape index (κ1) is 14.9. The first-order chi connectivity index (χ1) is 9.51. The molecule has 0 spiro atoms. The van der Waals surface area contributed by atoms with Crippen LogP contribution in [-0.2, 0) is 0 Å². The summed E-state index contributed by atoms with van der Waals surface area (Å²) in [5, 5.41) is 18.3. The van der Waals surface area contributed by atoms with Gasteiger partial charge in [-0.3, -0.25) is 0 Å². The van der Waals surface area contributed by atoms with Crippen LogP contribution in [0.4, 0.5) is 0 Å². The third kappa shape index (κ3) is 3.34. The van der Waals surface area contributed by atoms with Gasteiger partial charge in [-0.25, -0.2) is 4.79 Å². The van der Waals surface area contributed by atoms with E-state index >= 15 is 0 Å². The Morgan fingerprint density at radius 2 is 2.05 bits per heavy atom. The summed E-state index contributed by atoms with van der Waals surface area (Å²) < 4.78 is 0.820. The number of nitrogens with zero attached hydrogens (tertiary/aromatic N) is 1. The highest BCUT2D eigenvalue weighted by Crippen LogP contribution is 2.33. The van der Waals surface area contributed by atoms with Gasteiger partial charge in [-0.2, -0.15) is 5.26 Å². The Balaban J connectivity index is 2.38. The summed E-state index contributed by atoms with van der Waals surface area (Å²) in [6, 6.07) is 12.2. The van der Waals surface area contributed by atoms with Gasteiger partial charge in [-0.15, -0.1) is 0 Å². The molecule has 0 saturated heterocycles. The second-order valence-corrected chi connectivity index (χ2v) is 6.24. The lowest BCUT2D eigenvalue weighted by Crippen LogP contribution is -1.97. The highest BCUT2D eigenvalue weighted by molar-refractivity contribution is 9.10. The molecular formula is C14H7BrClNO2S. The molecule has 0 heterocycles. The average molecular weight is 369 g/mol. The minimum Gasteiger partial charge on any atom is -0.478 e. The molecule has 3 nitrogen and oxygen atoms in total. The molecule has 0 aliphatic carbocycles. The summed E-state index contributed by atoms with van der Waals surface area (Å²) in [5.41, 5.74) is 0.573. The van der Waals surface area contributed by atoms with Gasteiger partial charge in [0.15, 0.2) is 0 Å². The fourth-order valence-electron chi connectivity index (χ4n) is 1.54. The quantitative estimate of drug-likeness (QED) is 0.843. The summed E-state index contributed by atoms with van der Waals surface area (Å²) in [6.45, 7) is 0. The lowest BCUT2D eigenvalue weighted by atomic mass is 10.2. The van der Waals surface area contributed by atoms with Crippen LogP contribution in [0.3, 0.4) is 0 Å². The van der Waals surface area contributed by atoms with Crippen LogP contribution in [0.25, 0.3) is 0 Å². The van der Waals surface area contributed by atoms with E-state index in [9.17, 15) is 4.79 Å². The molecule has 1 N–H and O–H groups in total. The molecule has 0 aliphatic heterocycles. The highest BCUT2D eigenvalue weighted by Gasteiger charge is 2.11. The van der Waals surface area contributed by atoms with Crippen LogP contribution in [0.5, 0.6) is 0 Å². The first-order valence-corrected chi connectivity index (χ1v) is 7.40. The zero-order chi connectivity index (χ0) is 14.7. The number of nitriles is 1. The molecule has 0 fully saturated rings. The summed E-state index contributed by atoms with van der Waals surface area (Å²) in [5.74, 6) is -1.08. The van der Waals surface area contributed by atoms with Crippen molar-refractivity contribution in [3.8, 4) is 6.07 Å². The number of carboxylic acid groups (broad SMARTS) is 1. The van der Waals surface area contributed by atoms with Crippen molar-refractivity contribution >= 4 is 45.3 Å². The lowest BCUT2D eigenvalue weighted by Gasteiger charge is -2.06. The van der Waals surface area contributed by atoms with Gasteiger partial charge in [0, 0.05) is 14.3 Å². The molecule has 0 aromatic heterocycles. The number of carbonyl (C=O) groups is 1. The van der Waals surface area contributed by atoms with Crippen molar-refractivity contribution in [3.05, 3.63) is 57.0 Å². The maximum absolute atomic E-state index is 11.0. The van der Waals surface area contributed by atoms with Crippen LogP contribution in [0.15, 0.2) is 50.7 Å². The van der Waals surface area contributed by atoms with E-state index in [-0.39, 0.29) is 10.6 Å². The SMILES string of the molecule is N#Cc1cc(Br)ccc1Sc1ccc(Cl)c(C(=O)O)c1. The van der Waals surface area contributed by atoms with Crippen molar-refractivity contribution in [3.63, 3.8) is 0 Å². The van der Waals surface area contributed by atoms with Gasteiger partial charge in [0.05, 0.1) is 16.1 Å². The molecule has 2 rings (SSSR count). The normalized spacial score (nSPS) is 10.1. The van der Waals surface area contributed by atoms with Crippen molar-refractivity contribution in [1.29, 1.82) is 5.26 Å². The number of aromatic carboxylic acids is 1. The smallest absolute Gasteiger partial charge is 0.337 e. The molecule has 0 bridgehead atoms. The summed E-state index contributed by atoms with van der Waals surface area (Å²) in [4.78, 5) is 12.5. The molecule has 100 valence electrons. The molecule has 0 amide bonds. The Morgan fingerprint density at radius 3 is 2.70 bits per heavy atom. The van der Waals surface area contributed by atoms with E-state index in [1.807, 2.05) is 12.1 Å². The fourth-order valence-corrected chi connectivity index (χ4v) is 3.01. The van der Waals surface area contributed by atoms with E-state index in [4.69, 9.17) is 22.0 Å². The molecule has 20 heavy (non-hydrogen) atoms. The van der Waals surface area contributed by atoms with Crippen LogP contribution in [0.1, 0.15) is 15.9 Å². The van der Waals surface area contributed by atoms with Gasteiger partial charge in [0.2, 0.25) is 0 Å². The second-order valence-electron chi connectivity index (χ2n) is 3.80. The predicted octanol–water partition coefficient (Wildman–Crippen LogP) is 4.82. The lowest BCUT2D eigenvalue weighted by molar-refractivity contribution is 0.0697. The molecule has 0 saturated carbocycles. The summed E-state index contributed by atoms with van der Waals surface area (Å²) in [6.07, 6.45) is 0. The van der Waals surface area contributed by atoms with Crippen molar-refractivity contribution in [1.82, 2.24) is 0 Å². The Kier molecular flexibility index (Phi) is 4.71. The van der Waals surface area contributed by atoms with Gasteiger partial charge in [-0.05, 0) is 36.4 Å². The molecule has 2 aromatic carbocycles. The van der Waals surface area contributed by atoms with Crippen LogP contribution < -0.4 is 0 Å². The maximum atomic E-state index is 11.0. The van der Waals surface area contributed by atoms with Crippen molar-refractivity contribution < 1.29 is 9.90 Å². The fraction of sp³-hybridized carbons (Fsp3) is 0. The number of hydrogen-bond donors (Lipinski definition) is 1. The maximum Gasteiger partial charge on any atom is 0.337 e. The monoisotopic (exact) mass is 367 g/mol. The molecule has 6 heteroatoms. The number of carboxylic acids is 1. The number of hydrogen-bond acceptors (Lipinski definition) is 3. The average Bonchev–Trinajstić information content (AvgIpc) is 2.42. The number of rotatable bonds is 3. The zero-order valence-electron chi connectivity index (χ0n) is 9.93. The third-order valence-electron chi connectivity index (χ3n) is 2.46. The van der Waals surface area contributed by atoms with E-state index in [1.54, 1.807) is 12.1 Å². The molecule has 0 radical (unpaired) electrons. The van der Waals surface area contributed by atoms with Gasteiger partial charge in [0.1, 0.15) is 6.07 Å². The summed E-state index contributed by atoms with van der Waals surface area (Å²) >= 11 is 10.5. The van der Waals surface area contributed by atoms with E-state index in [1.165, 1.54) is 23.9 Å². The van der Waals surface area contributed by atoms with Crippen LogP contribution in [-0.4, -0.2) is 11.1 Å². The first-order valence-electron chi connectivity index (χ1n) is 5.41. The van der Waals surface area contributed by atoms with Gasteiger partial charge in [-0.1, -0.05) is 39.3 Å². The topological polar surface area (TPSA) is 61.1 Å². The van der Waals surface area contributed by atoms with Crippen molar-refractivity contribution in [2.24, 2.45) is 0 Å². The Morgan fingerprint density at radius 1 is 1.30 bits per heavy atom. The van der Waals surface area contributed by atoms with E-state index in [0.29, 0.717) is 10.5 Å². The Bertz CT molecular complexity index is 728. The van der Waals surface area contributed by atoms with Crippen LogP contribution in [0.2, 0.25) is 5.02 Å². The molecule has 0 atom stereocenters. The second kappa shape index (κ2) is 6.31. The minimum absolute atomic E-state index is 0.0484. The van der Waals surface area contributed by atoms with Gasteiger partial charge < -0.3 is 5.11 Å². The zero-order valence-corrected chi connectivity index (χ0v) is 13.1. The molecular weight excluding hydrogens is 362 g/mol. The minimum atomic E-state index is -1.08. The van der Waals surface area contributed by atoms with E-state index < -0.39 is 5.97 Å². The molecule has 0 aliphatic rings. The number of benzene rings is 2. The number of halogens is 2. The van der Waals surface area contributed by atoms with Crippen molar-refractivity contribution in [2.75, 3.05) is 0 Å². The Labute approximate surface area is 133 Å². The Hall–Kier alpha value is -1.48. The van der Waals surface area contributed by atoms with Gasteiger partial charge >= 0.3 is 5.97 Å². The predicted molar refractivity (Wildman–Crippen MR) is 81.4 cm³/mol. The highest BCUT2D eigenvalue weighted by atomic mass is 79.9. The molecule has 2 aromatic rings. The largest absolute Gasteiger partial charge is 0.478 e. The summed E-state index contributed by atoms with van der Waals surface area (Å²) in [7, 11) is 0. The molecule has 0 unspecified atom stereocenters. The third-order valence-corrected chi connectivity index (χ3v) is 4.35. The van der Waals surface area contributed by atoms with E-state index in [2.05, 4.69) is 22.0 Å². The van der Waals surface area contributed by atoms with Crippen LogP contribution >= 0.6 is 39.3 Å². The van der Waals surface area contributed by atoms with Crippen molar-refractivity contribution in [2.45, 2.75) is 9.79 Å². The van der Waals surface area contributed by atoms with Crippen LogP contribution in [0, 0.1) is 11.3 Å². The standard InChI is InChI=1S/C14H7BrClNO2S/c15-9-1-4-13(8(5-9)7-17)20-10-2-3-12(16)11(6-10)14(18)19/h1-6H,(H,18,19). The van der Waals surface area contributed by atoms with E-state index in [0.717, 1.165) is 9.37 Å². The van der Waals surface area contributed by atoms with Gasteiger partial charge in [0.25, 0.3) is 0 Å².